The van der Waals surface area contributed by atoms with Gasteiger partial charge in [0, 0.05) is 29.7 Å². The van der Waals surface area contributed by atoms with Crippen LogP contribution in [0.15, 0.2) is 24.3 Å². The first-order valence-corrected chi connectivity index (χ1v) is 9.82. The third-order valence-corrected chi connectivity index (χ3v) is 5.65. The molecule has 1 aromatic heterocycles. The smallest absolute Gasteiger partial charge is 0.340 e. The maximum atomic E-state index is 12.7. The number of nitrogens with zero attached hydrogens (tertiary/aromatic N) is 2. The topological polar surface area (TPSA) is 60.8 Å². The fourth-order valence-corrected chi connectivity index (χ4v) is 4.12. The highest BCUT2D eigenvalue weighted by Crippen LogP contribution is 2.38. The number of hydrogen-bond acceptors (Lipinski definition) is 4. The molecule has 0 atom stereocenters. The van der Waals surface area contributed by atoms with E-state index in [2.05, 4.69) is 4.57 Å². The van der Waals surface area contributed by atoms with Gasteiger partial charge in [-0.15, -0.1) is 0 Å². The van der Waals surface area contributed by atoms with Crippen molar-refractivity contribution in [3.8, 4) is 5.75 Å². The van der Waals surface area contributed by atoms with Crippen LogP contribution >= 0.6 is 0 Å². The molecule has 0 N–H and O–H groups in total. The Morgan fingerprint density at radius 3 is 2.68 bits per heavy atom. The monoisotopic (exact) mass is 382 g/mol. The molecule has 0 saturated heterocycles. The zero-order valence-corrected chi connectivity index (χ0v) is 16.7. The summed E-state index contributed by atoms with van der Waals surface area (Å²) in [4.78, 5) is 27.0. The number of amides is 1. The van der Waals surface area contributed by atoms with Crippen molar-refractivity contribution >= 4 is 17.6 Å². The molecule has 1 aliphatic heterocycles. The Morgan fingerprint density at radius 1 is 1.18 bits per heavy atom. The van der Waals surface area contributed by atoms with Crippen molar-refractivity contribution in [3.05, 3.63) is 46.8 Å². The van der Waals surface area contributed by atoms with E-state index in [1.54, 1.807) is 12.0 Å². The standard InChI is InChI=1S/C22H26N2O4/c1-14-11-19(15(2)24(14)17-6-7-17)22(26)28-13-21(25)23-10-4-5-16-12-18(27-3)8-9-20(16)23/h8-9,11-12,17H,4-7,10,13H2,1-3H3. The number of fused-ring (bicyclic) bond motifs is 1. The molecule has 28 heavy (non-hydrogen) atoms. The maximum absolute atomic E-state index is 12.7. The summed E-state index contributed by atoms with van der Waals surface area (Å²) in [5, 5.41) is 0. The van der Waals surface area contributed by atoms with Gasteiger partial charge in [-0.05, 0) is 69.4 Å². The fraction of sp³-hybridized carbons (Fsp3) is 0.455. The first-order valence-electron chi connectivity index (χ1n) is 9.82. The molecule has 1 saturated carbocycles. The lowest BCUT2D eigenvalue weighted by atomic mass is 10.0. The predicted molar refractivity (Wildman–Crippen MR) is 106 cm³/mol. The summed E-state index contributed by atoms with van der Waals surface area (Å²) < 4.78 is 12.9. The molecule has 1 amide bonds. The number of carbonyl (C=O) groups is 2. The van der Waals surface area contributed by atoms with Crippen LogP contribution in [-0.2, 0) is 16.0 Å². The molecule has 1 aromatic carbocycles. The van der Waals surface area contributed by atoms with E-state index in [0.717, 1.165) is 54.1 Å². The highest BCUT2D eigenvalue weighted by atomic mass is 16.5. The molecule has 2 heterocycles. The van der Waals surface area contributed by atoms with Gasteiger partial charge in [0.1, 0.15) is 5.75 Å². The number of rotatable bonds is 5. The van der Waals surface area contributed by atoms with Crippen LogP contribution in [0.5, 0.6) is 5.75 Å². The van der Waals surface area contributed by atoms with E-state index in [0.29, 0.717) is 18.2 Å². The Kier molecular flexibility index (Phi) is 4.87. The summed E-state index contributed by atoms with van der Waals surface area (Å²) >= 11 is 0. The molecule has 2 aromatic rings. The zero-order valence-electron chi connectivity index (χ0n) is 16.7. The van der Waals surface area contributed by atoms with E-state index >= 15 is 0 Å². The molecule has 6 heteroatoms. The molecule has 0 bridgehead atoms. The number of carbonyl (C=O) groups excluding carboxylic acids is 2. The summed E-state index contributed by atoms with van der Waals surface area (Å²) in [6.07, 6.45) is 4.09. The molecule has 4 rings (SSSR count). The van der Waals surface area contributed by atoms with E-state index in [1.807, 2.05) is 38.1 Å². The van der Waals surface area contributed by atoms with Crippen LogP contribution in [0.2, 0.25) is 0 Å². The average molecular weight is 382 g/mol. The Bertz CT molecular complexity index is 927. The summed E-state index contributed by atoms with van der Waals surface area (Å²) in [5.74, 6) is 0.154. The lowest BCUT2D eigenvalue weighted by molar-refractivity contribution is -0.121. The number of benzene rings is 1. The van der Waals surface area contributed by atoms with E-state index < -0.39 is 5.97 Å². The first kappa shape index (κ1) is 18.6. The number of hydrogen-bond donors (Lipinski definition) is 0. The largest absolute Gasteiger partial charge is 0.497 e. The van der Waals surface area contributed by atoms with Crippen LogP contribution < -0.4 is 9.64 Å². The number of anilines is 1. The maximum Gasteiger partial charge on any atom is 0.340 e. The van der Waals surface area contributed by atoms with Crippen LogP contribution in [0.4, 0.5) is 5.69 Å². The van der Waals surface area contributed by atoms with Crippen LogP contribution in [0, 0.1) is 13.8 Å². The quantitative estimate of drug-likeness (QED) is 0.742. The Balaban J connectivity index is 1.44. The molecule has 0 radical (unpaired) electrons. The predicted octanol–water partition coefficient (Wildman–Crippen LogP) is 3.58. The molecule has 0 unspecified atom stereocenters. The average Bonchev–Trinajstić information content (AvgIpc) is 3.49. The number of aromatic nitrogens is 1. The molecule has 1 fully saturated rings. The SMILES string of the molecule is COc1ccc2c(c1)CCCN2C(=O)COC(=O)c1cc(C)n(C2CC2)c1C. The minimum atomic E-state index is -0.430. The number of methoxy groups -OCH3 is 1. The van der Waals surface area contributed by atoms with Gasteiger partial charge in [0.15, 0.2) is 6.61 Å². The van der Waals surface area contributed by atoms with Crippen molar-refractivity contribution in [1.82, 2.24) is 4.57 Å². The van der Waals surface area contributed by atoms with E-state index in [-0.39, 0.29) is 12.5 Å². The van der Waals surface area contributed by atoms with Gasteiger partial charge < -0.3 is 18.9 Å². The summed E-state index contributed by atoms with van der Waals surface area (Å²) in [5.41, 5.74) is 4.50. The normalized spacial score (nSPS) is 15.9. The Labute approximate surface area is 165 Å². The highest BCUT2D eigenvalue weighted by Gasteiger charge is 2.29. The summed E-state index contributed by atoms with van der Waals surface area (Å²) in [6.45, 7) is 4.33. The van der Waals surface area contributed by atoms with Gasteiger partial charge in [-0.3, -0.25) is 4.79 Å². The van der Waals surface area contributed by atoms with Crippen molar-refractivity contribution in [2.75, 3.05) is 25.2 Å². The first-order chi connectivity index (χ1) is 13.5. The summed E-state index contributed by atoms with van der Waals surface area (Å²) in [7, 11) is 1.63. The zero-order chi connectivity index (χ0) is 19.8. The summed E-state index contributed by atoms with van der Waals surface area (Å²) in [6, 6.07) is 8.08. The van der Waals surface area contributed by atoms with Gasteiger partial charge in [0.25, 0.3) is 5.91 Å². The number of esters is 1. The molecule has 148 valence electrons. The molecular formula is C22H26N2O4. The van der Waals surface area contributed by atoms with Crippen molar-refractivity contribution in [1.29, 1.82) is 0 Å². The Morgan fingerprint density at radius 2 is 1.96 bits per heavy atom. The second-order valence-electron chi connectivity index (χ2n) is 7.61. The van der Waals surface area contributed by atoms with Crippen LogP contribution in [0.3, 0.4) is 0 Å². The van der Waals surface area contributed by atoms with Gasteiger partial charge in [0.05, 0.1) is 12.7 Å². The van der Waals surface area contributed by atoms with Crippen LogP contribution in [-0.4, -0.2) is 36.7 Å². The third-order valence-electron chi connectivity index (χ3n) is 5.65. The van der Waals surface area contributed by atoms with Gasteiger partial charge >= 0.3 is 5.97 Å². The van der Waals surface area contributed by atoms with Gasteiger partial charge in [-0.25, -0.2) is 4.79 Å². The second kappa shape index (κ2) is 7.34. The Hall–Kier alpha value is -2.76. The van der Waals surface area contributed by atoms with E-state index in [9.17, 15) is 9.59 Å². The lowest BCUT2D eigenvalue weighted by Gasteiger charge is -2.29. The molecule has 2 aliphatic rings. The van der Waals surface area contributed by atoms with Gasteiger partial charge in [-0.1, -0.05) is 0 Å². The highest BCUT2D eigenvalue weighted by molar-refractivity contribution is 5.98. The van der Waals surface area contributed by atoms with Gasteiger partial charge in [0.2, 0.25) is 0 Å². The van der Waals surface area contributed by atoms with Crippen molar-refractivity contribution < 1.29 is 19.1 Å². The van der Waals surface area contributed by atoms with Crippen molar-refractivity contribution in [2.45, 2.75) is 45.6 Å². The van der Waals surface area contributed by atoms with Gasteiger partial charge in [-0.2, -0.15) is 0 Å². The molecular weight excluding hydrogens is 356 g/mol. The van der Waals surface area contributed by atoms with Crippen molar-refractivity contribution in [3.63, 3.8) is 0 Å². The second-order valence-corrected chi connectivity index (χ2v) is 7.61. The van der Waals surface area contributed by atoms with E-state index in [4.69, 9.17) is 9.47 Å². The minimum absolute atomic E-state index is 0.199. The van der Waals surface area contributed by atoms with Crippen LogP contribution in [0.25, 0.3) is 0 Å². The van der Waals surface area contributed by atoms with Crippen LogP contribution in [0.1, 0.15) is 52.6 Å². The minimum Gasteiger partial charge on any atom is -0.497 e. The number of ether oxygens (including phenoxy) is 2. The fourth-order valence-electron chi connectivity index (χ4n) is 4.12. The lowest BCUT2D eigenvalue weighted by Crippen LogP contribution is -2.38. The van der Waals surface area contributed by atoms with Crippen molar-refractivity contribution in [2.24, 2.45) is 0 Å². The molecule has 0 spiro atoms. The molecule has 6 nitrogen and oxygen atoms in total. The third kappa shape index (κ3) is 3.39. The van der Waals surface area contributed by atoms with E-state index in [1.165, 1.54) is 0 Å². The molecule has 1 aliphatic carbocycles. The number of aryl methyl sites for hydroxylation is 2.